The predicted molar refractivity (Wildman–Crippen MR) is 323 cm³/mol. The van der Waals surface area contributed by atoms with Crippen LogP contribution in [0.2, 0.25) is 0 Å². The normalized spacial score (nSPS) is 11.6. The molecule has 372 valence electrons. The van der Waals surface area contributed by atoms with Gasteiger partial charge in [-0.3, -0.25) is 0 Å². The van der Waals surface area contributed by atoms with E-state index in [2.05, 4.69) is 220 Å². The molecule has 0 saturated carbocycles. The van der Waals surface area contributed by atoms with Gasteiger partial charge in [0.15, 0.2) is 0 Å². The lowest BCUT2D eigenvalue weighted by Crippen LogP contribution is -2.21. The lowest BCUT2D eigenvalue weighted by Gasteiger charge is -2.20. The molecule has 0 saturated heterocycles. The van der Waals surface area contributed by atoms with Crippen LogP contribution in [-0.2, 0) is 0 Å². The second-order valence-corrected chi connectivity index (χ2v) is 18.0. The number of anilines is 3. The van der Waals surface area contributed by atoms with Crippen molar-refractivity contribution >= 4 is 90.0 Å². The summed E-state index contributed by atoms with van der Waals surface area (Å²) in [7, 11) is 0. The summed E-state index contributed by atoms with van der Waals surface area (Å²) in [4.78, 5) is 6.98. The fourth-order valence-corrected chi connectivity index (χ4v) is 9.10. The third kappa shape index (κ3) is 14.1. The maximum absolute atomic E-state index is 10.9. The highest BCUT2D eigenvalue weighted by Gasteiger charge is 2.21. The van der Waals surface area contributed by atoms with Gasteiger partial charge in [0.2, 0.25) is 0 Å². The van der Waals surface area contributed by atoms with E-state index in [1.54, 1.807) is 0 Å². The van der Waals surface area contributed by atoms with Gasteiger partial charge in [-0.2, -0.15) is 15.8 Å². The topological polar surface area (TPSA) is 81.1 Å². The molecular weight excluding hydrogens is 913 g/mol. The minimum absolute atomic E-state index is 0.254. The van der Waals surface area contributed by atoms with Crippen molar-refractivity contribution in [1.82, 2.24) is 0 Å². The molecule has 7 aromatic carbocycles. The predicted octanol–water partition coefficient (Wildman–Crippen LogP) is 16.9. The molecule has 0 aliphatic heterocycles. The second-order valence-electron chi connectivity index (χ2n) is 18.0. The van der Waals surface area contributed by atoms with Gasteiger partial charge in [0.05, 0.1) is 16.7 Å². The first kappa shape index (κ1) is 53.6. The molecule has 0 unspecified atom stereocenters. The summed E-state index contributed by atoms with van der Waals surface area (Å²) in [5.41, 5.74) is 15.0. The standard InChI is InChI=1S/C69H66N6/c1-7-73(8-2)61-40-31-58(32-41-61)28-19-52-13-22-55(23-14-52)37-46-64-67(49-70)65(47-38-56-24-15-53(16-25-56)20-29-59-33-42-62(43-34-59)74(9-3)10-4)69(51-72)66(68(64)50-71)48-39-57-26-17-54(18-27-57)21-30-60-35-44-63(45-36-60)75(11-5)12-6/h13-48H,7-12H2,1-6H3/b28-19+,29-20+,30-21+,46-37+,47-38+,48-39+. The van der Waals surface area contributed by atoms with E-state index in [0.29, 0.717) is 16.7 Å². The number of nitrogens with zero attached hydrogens (tertiary/aromatic N) is 6. The van der Waals surface area contributed by atoms with E-state index in [0.717, 1.165) is 89.3 Å². The average Bonchev–Trinajstić information content (AvgIpc) is 3.46. The summed E-state index contributed by atoms with van der Waals surface area (Å²) < 4.78 is 0. The van der Waals surface area contributed by atoms with Gasteiger partial charge in [0.1, 0.15) is 18.2 Å². The summed E-state index contributed by atoms with van der Waals surface area (Å²) >= 11 is 0. The lowest BCUT2D eigenvalue weighted by atomic mass is 9.86. The van der Waals surface area contributed by atoms with Crippen LogP contribution in [0.25, 0.3) is 72.9 Å². The van der Waals surface area contributed by atoms with Gasteiger partial charge in [0, 0.05) is 73.0 Å². The first-order chi connectivity index (χ1) is 36.7. The minimum atomic E-state index is 0.254. The third-order valence-electron chi connectivity index (χ3n) is 13.6. The van der Waals surface area contributed by atoms with Gasteiger partial charge in [-0.15, -0.1) is 0 Å². The maximum Gasteiger partial charge on any atom is 0.100 e. The maximum atomic E-state index is 10.9. The van der Waals surface area contributed by atoms with Crippen molar-refractivity contribution in [3.8, 4) is 18.2 Å². The third-order valence-corrected chi connectivity index (χ3v) is 13.6. The molecule has 0 fully saturated rings. The number of rotatable bonds is 21. The molecule has 7 rings (SSSR count). The van der Waals surface area contributed by atoms with E-state index in [9.17, 15) is 15.8 Å². The molecule has 0 heterocycles. The largest absolute Gasteiger partial charge is 0.372 e. The van der Waals surface area contributed by atoms with E-state index in [1.807, 2.05) is 72.9 Å². The monoisotopic (exact) mass is 979 g/mol. The van der Waals surface area contributed by atoms with E-state index in [-0.39, 0.29) is 16.7 Å². The zero-order valence-corrected chi connectivity index (χ0v) is 44.2. The van der Waals surface area contributed by atoms with Crippen LogP contribution in [0.3, 0.4) is 0 Å². The highest BCUT2D eigenvalue weighted by molar-refractivity contribution is 5.90. The molecule has 0 bridgehead atoms. The molecule has 0 atom stereocenters. The molecule has 6 nitrogen and oxygen atoms in total. The van der Waals surface area contributed by atoms with E-state index >= 15 is 0 Å². The Morgan fingerprint density at radius 2 is 0.400 bits per heavy atom. The Morgan fingerprint density at radius 1 is 0.253 bits per heavy atom. The Hall–Kier alpha value is -9.15. The zero-order chi connectivity index (χ0) is 52.9. The van der Waals surface area contributed by atoms with Gasteiger partial charge < -0.3 is 14.7 Å². The van der Waals surface area contributed by atoms with Crippen LogP contribution >= 0.6 is 0 Å². The molecule has 75 heavy (non-hydrogen) atoms. The van der Waals surface area contributed by atoms with Gasteiger partial charge in [-0.05, 0) is 128 Å². The Bertz CT molecular complexity index is 2920. The average molecular weight is 979 g/mol. The van der Waals surface area contributed by atoms with Gasteiger partial charge in [0.25, 0.3) is 0 Å². The fraction of sp³-hybridized carbons (Fsp3) is 0.174. The van der Waals surface area contributed by atoms with Gasteiger partial charge in [-0.1, -0.05) is 182 Å². The number of benzene rings is 7. The van der Waals surface area contributed by atoms with Crippen molar-refractivity contribution in [2.75, 3.05) is 54.0 Å². The Kier molecular flexibility index (Phi) is 19.4. The van der Waals surface area contributed by atoms with Crippen LogP contribution in [0.5, 0.6) is 0 Å². The summed E-state index contributed by atoms with van der Waals surface area (Å²) in [5.74, 6) is 0. The Balaban J connectivity index is 1.18. The summed E-state index contributed by atoms with van der Waals surface area (Å²) in [6.07, 6.45) is 23.8. The van der Waals surface area contributed by atoms with Crippen molar-refractivity contribution in [2.45, 2.75) is 41.5 Å². The van der Waals surface area contributed by atoms with Crippen molar-refractivity contribution in [1.29, 1.82) is 15.8 Å². The molecular formula is C69H66N6. The molecule has 0 spiro atoms. The quantitative estimate of drug-likeness (QED) is 0.0668. The van der Waals surface area contributed by atoms with Crippen molar-refractivity contribution in [3.05, 3.63) is 229 Å². The van der Waals surface area contributed by atoms with Gasteiger partial charge in [-0.25, -0.2) is 0 Å². The Labute approximate surface area is 446 Å². The van der Waals surface area contributed by atoms with Crippen LogP contribution in [0.4, 0.5) is 17.1 Å². The first-order valence-corrected chi connectivity index (χ1v) is 26.1. The molecule has 6 heteroatoms. The summed E-state index contributed by atoms with van der Waals surface area (Å²) in [5, 5.41) is 32.6. The van der Waals surface area contributed by atoms with E-state index in [1.165, 1.54) is 17.1 Å². The van der Waals surface area contributed by atoms with Crippen LogP contribution in [-0.4, -0.2) is 39.3 Å². The SMILES string of the molecule is CCN(CC)c1ccc(/C=C/c2ccc(/C=C/c3c(C#N)c(/C=C/c4ccc(/C=C/c5ccc(N(CC)CC)cc5)cc4)c(C#N)c(/C=C/c4ccc(/C=C/c5ccc(N(CC)CC)cc5)cc4)c3C#N)cc2)cc1. The van der Waals surface area contributed by atoms with Crippen LogP contribution < -0.4 is 14.7 Å². The minimum Gasteiger partial charge on any atom is -0.372 e. The lowest BCUT2D eigenvalue weighted by molar-refractivity contribution is 0.866. The van der Waals surface area contributed by atoms with Crippen molar-refractivity contribution in [2.24, 2.45) is 0 Å². The van der Waals surface area contributed by atoms with Gasteiger partial charge >= 0.3 is 0 Å². The molecule has 0 radical (unpaired) electrons. The number of hydrogen-bond donors (Lipinski definition) is 0. The molecule has 7 aromatic rings. The van der Waals surface area contributed by atoms with E-state index < -0.39 is 0 Å². The van der Waals surface area contributed by atoms with Crippen molar-refractivity contribution in [3.63, 3.8) is 0 Å². The highest BCUT2D eigenvalue weighted by Crippen LogP contribution is 2.33. The first-order valence-electron chi connectivity index (χ1n) is 26.1. The molecule has 0 aromatic heterocycles. The molecule has 0 amide bonds. The highest BCUT2D eigenvalue weighted by atomic mass is 15.1. The second kappa shape index (κ2) is 27.1. The zero-order valence-electron chi connectivity index (χ0n) is 44.2. The Morgan fingerprint density at radius 3 is 0.547 bits per heavy atom. The van der Waals surface area contributed by atoms with Crippen LogP contribution in [0.1, 0.15) is 125 Å². The summed E-state index contributed by atoms with van der Waals surface area (Å²) in [6, 6.07) is 57.4. The van der Waals surface area contributed by atoms with Crippen LogP contribution in [0, 0.1) is 34.0 Å². The smallest absolute Gasteiger partial charge is 0.100 e. The molecule has 0 N–H and O–H groups in total. The fourth-order valence-electron chi connectivity index (χ4n) is 9.10. The van der Waals surface area contributed by atoms with Crippen molar-refractivity contribution < 1.29 is 0 Å². The molecule has 0 aliphatic carbocycles. The summed E-state index contributed by atoms with van der Waals surface area (Å²) in [6.45, 7) is 18.8. The van der Waals surface area contributed by atoms with E-state index in [4.69, 9.17) is 0 Å². The van der Waals surface area contributed by atoms with Crippen LogP contribution in [0.15, 0.2) is 146 Å². The molecule has 0 aliphatic rings. The number of nitriles is 3. The number of hydrogen-bond acceptors (Lipinski definition) is 6.